The first-order chi connectivity index (χ1) is 7.88. The Bertz CT molecular complexity index is 203. The first kappa shape index (κ1) is 13.4. The summed E-state index contributed by atoms with van der Waals surface area (Å²) in [5.41, 5.74) is 1.60. The first-order valence-corrected chi connectivity index (χ1v) is 7.08. The number of unbranched alkanes of at least 4 members (excludes halogenated alkanes) is 4. The molecule has 0 radical (unpaired) electrons. The third-order valence-electron chi connectivity index (χ3n) is 2.99. The van der Waals surface area contributed by atoms with Crippen molar-refractivity contribution in [2.24, 2.45) is 0 Å². The Morgan fingerprint density at radius 1 is 0.875 bits per heavy atom. The first-order valence-electron chi connectivity index (χ1n) is 7.08. The molecule has 0 aromatic heterocycles. The van der Waals surface area contributed by atoms with Gasteiger partial charge in [0.2, 0.25) is 0 Å². The Labute approximate surface area is 101 Å². The second kappa shape index (κ2) is 8.49. The molecule has 2 nitrogen and oxygen atoms in total. The highest BCUT2D eigenvalue weighted by molar-refractivity contribution is 5.22. The summed E-state index contributed by atoms with van der Waals surface area (Å²) in [6.45, 7) is 6.72. The predicted molar refractivity (Wildman–Crippen MR) is 71.3 cm³/mol. The van der Waals surface area contributed by atoms with Gasteiger partial charge in [-0.15, -0.1) is 0 Å². The topological polar surface area (TPSA) is 24.1 Å². The van der Waals surface area contributed by atoms with Crippen LogP contribution in [0.15, 0.2) is 11.4 Å². The summed E-state index contributed by atoms with van der Waals surface area (Å²) in [6, 6.07) is 0. The van der Waals surface area contributed by atoms with Crippen LogP contribution in [0.5, 0.6) is 0 Å². The van der Waals surface area contributed by atoms with E-state index in [1.165, 1.54) is 57.2 Å². The van der Waals surface area contributed by atoms with E-state index in [1.807, 2.05) is 0 Å². The van der Waals surface area contributed by atoms with Crippen LogP contribution in [0.2, 0.25) is 0 Å². The molecule has 1 fully saturated rings. The lowest BCUT2D eigenvalue weighted by molar-refractivity contribution is 0.590. The SMILES string of the molecule is CCCCCCCNC(NCCC)=C1CC1. The van der Waals surface area contributed by atoms with Crippen LogP contribution in [0.25, 0.3) is 0 Å². The minimum atomic E-state index is 1.10. The van der Waals surface area contributed by atoms with Crippen LogP contribution in [0, 0.1) is 0 Å². The van der Waals surface area contributed by atoms with Gasteiger partial charge in [0.1, 0.15) is 0 Å². The van der Waals surface area contributed by atoms with Gasteiger partial charge in [-0.2, -0.15) is 0 Å². The van der Waals surface area contributed by atoms with Crippen LogP contribution >= 0.6 is 0 Å². The lowest BCUT2D eigenvalue weighted by Crippen LogP contribution is -2.28. The monoisotopic (exact) mass is 224 g/mol. The van der Waals surface area contributed by atoms with Crippen molar-refractivity contribution < 1.29 is 0 Å². The van der Waals surface area contributed by atoms with Gasteiger partial charge in [-0.1, -0.05) is 39.5 Å². The fraction of sp³-hybridized carbons (Fsp3) is 0.857. The summed E-state index contributed by atoms with van der Waals surface area (Å²) in [6.07, 6.45) is 10.6. The molecule has 1 saturated carbocycles. The van der Waals surface area contributed by atoms with Crippen molar-refractivity contribution in [3.8, 4) is 0 Å². The van der Waals surface area contributed by atoms with Gasteiger partial charge in [0.25, 0.3) is 0 Å². The standard InChI is InChI=1S/C14H28N2/c1-3-5-6-7-8-12-16-14(13-9-10-13)15-11-4-2/h15-16H,3-12H2,1-2H3. The highest BCUT2D eigenvalue weighted by Crippen LogP contribution is 2.29. The Hall–Kier alpha value is -0.660. The van der Waals surface area contributed by atoms with Crippen molar-refractivity contribution in [2.45, 2.75) is 65.2 Å². The Kier molecular flexibility index (Phi) is 7.11. The van der Waals surface area contributed by atoms with Crippen molar-refractivity contribution in [1.82, 2.24) is 10.6 Å². The van der Waals surface area contributed by atoms with Gasteiger partial charge in [0, 0.05) is 13.1 Å². The summed E-state index contributed by atoms with van der Waals surface area (Å²) < 4.78 is 0. The Morgan fingerprint density at radius 2 is 1.56 bits per heavy atom. The fourth-order valence-corrected chi connectivity index (χ4v) is 1.82. The summed E-state index contributed by atoms with van der Waals surface area (Å²) in [5.74, 6) is 1.34. The van der Waals surface area contributed by atoms with E-state index < -0.39 is 0 Å². The molecule has 0 amide bonds. The second-order valence-corrected chi connectivity index (χ2v) is 4.75. The zero-order valence-electron chi connectivity index (χ0n) is 11.1. The minimum Gasteiger partial charge on any atom is -0.372 e. The molecule has 2 heteroatoms. The van der Waals surface area contributed by atoms with Crippen LogP contribution in [0.3, 0.4) is 0 Å². The van der Waals surface area contributed by atoms with Gasteiger partial charge in [-0.3, -0.25) is 0 Å². The smallest absolute Gasteiger partial charge is 0.0978 e. The maximum atomic E-state index is 3.56. The molecular weight excluding hydrogens is 196 g/mol. The fourth-order valence-electron chi connectivity index (χ4n) is 1.82. The average molecular weight is 224 g/mol. The Balaban J connectivity index is 2.03. The van der Waals surface area contributed by atoms with Gasteiger partial charge < -0.3 is 10.6 Å². The molecule has 0 spiro atoms. The molecule has 0 aliphatic heterocycles. The van der Waals surface area contributed by atoms with E-state index in [1.54, 1.807) is 5.57 Å². The van der Waals surface area contributed by atoms with E-state index >= 15 is 0 Å². The molecule has 0 heterocycles. The van der Waals surface area contributed by atoms with E-state index in [0.29, 0.717) is 0 Å². The number of hydrogen-bond donors (Lipinski definition) is 2. The van der Waals surface area contributed by atoms with E-state index in [2.05, 4.69) is 24.5 Å². The molecule has 94 valence electrons. The van der Waals surface area contributed by atoms with Crippen LogP contribution in [-0.2, 0) is 0 Å². The van der Waals surface area contributed by atoms with Crippen LogP contribution in [-0.4, -0.2) is 13.1 Å². The predicted octanol–water partition coefficient (Wildman–Crippen LogP) is 3.55. The molecule has 1 rings (SSSR count). The Morgan fingerprint density at radius 3 is 2.19 bits per heavy atom. The highest BCUT2D eigenvalue weighted by atomic mass is 15.1. The van der Waals surface area contributed by atoms with Gasteiger partial charge in [0.05, 0.1) is 5.82 Å². The van der Waals surface area contributed by atoms with Crippen LogP contribution in [0.1, 0.15) is 65.2 Å². The number of nitrogens with one attached hydrogen (secondary N) is 2. The zero-order chi connectivity index (χ0) is 11.6. The molecule has 0 unspecified atom stereocenters. The normalized spacial score (nSPS) is 13.8. The van der Waals surface area contributed by atoms with E-state index in [4.69, 9.17) is 0 Å². The number of allylic oxidation sites excluding steroid dienone is 1. The largest absolute Gasteiger partial charge is 0.372 e. The maximum Gasteiger partial charge on any atom is 0.0978 e. The van der Waals surface area contributed by atoms with Gasteiger partial charge in [0.15, 0.2) is 0 Å². The van der Waals surface area contributed by atoms with E-state index in [-0.39, 0.29) is 0 Å². The average Bonchev–Trinajstić information content (AvgIpc) is 3.11. The zero-order valence-corrected chi connectivity index (χ0v) is 11.1. The second-order valence-electron chi connectivity index (χ2n) is 4.75. The molecule has 0 atom stereocenters. The highest BCUT2D eigenvalue weighted by Gasteiger charge is 2.16. The summed E-state index contributed by atoms with van der Waals surface area (Å²) in [7, 11) is 0. The summed E-state index contributed by atoms with van der Waals surface area (Å²) >= 11 is 0. The molecule has 1 aliphatic carbocycles. The number of rotatable bonds is 10. The van der Waals surface area contributed by atoms with Crippen molar-refractivity contribution in [3.05, 3.63) is 11.4 Å². The van der Waals surface area contributed by atoms with Crippen molar-refractivity contribution >= 4 is 0 Å². The molecule has 0 bridgehead atoms. The number of hydrogen-bond acceptors (Lipinski definition) is 2. The van der Waals surface area contributed by atoms with E-state index in [9.17, 15) is 0 Å². The molecule has 2 N–H and O–H groups in total. The van der Waals surface area contributed by atoms with Gasteiger partial charge >= 0.3 is 0 Å². The van der Waals surface area contributed by atoms with Crippen molar-refractivity contribution in [2.75, 3.05) is 13.1 Å². The summed E-state index contributed by atoms with van der Waals surface area (Å²) in [5, 5.41) is 7.06. The molecule has 16 heavy (non-hydrogen) atoms. The lowest BCUT2D eigenvalue weighted by atomic mass is 10.1. The minimum absolute atomic E-state index is 1.10. The molecular formula is C14H28N2. The molecule has 1 aliphatic rings. The van der Waals surface area contributed by atoms with Crippen LogP contribution < -0.4 is 10.6 Å². The molecule has 0 aromatic rings. The maximum absolute atomic E-state index is 3.56. The van der Waals surface area contributed by atoms with Crippen molar-refractivity contribution in [1.29, 1.82) is 0 Å². The van der Waals surface area contributed by atoms with Crippen LogP contribution in [0.4, 0.5) is 0 Å². The lowest BCUT2D eigenvalue weighted by Gasteiger charge is -2.12. The van der Waals surface area contributed by atoms with Gasteiger partial charge in [-0.25, -0.2) is 0 Å². The summed E-state index contributed by atoms with van der Waals surface area (Å²) in [4.78, 5) is 0. The van der Waals surface area contributed by atoms with E-state index in [0.717, 1.165) is 13.1 Å². The quantitative estimate of drug-likeness (QED) is 0.555. The third kappa shape index (κ3) is 6.04. The van der Waals surface area contributed by atoms with Crippen molar-refractivity contribution in [3.63, 3.8) is 0 Å². The molecule has 0 aromatic carbocycles. The molecule has 0 saturated heterocycles. The van der Waals surface area contributed by atoms with Gasteiger partial charge in [-0.05, 0) is 31.3 Å². The third-order valence-corrected chi connectivity index (χ3v) is 2.99.